The molecule has 1 aromatic rings. The maximum atomic E-state index is 3.95. The lowest BCUT2D eigenvalue weighted by molar-refractivity contribution is 0.177. The van der Waals surface area contributed by atoms with E-state index in [-0.39, 0.29) is 0 Å². The highest BCUT2D eigenvalue weighted by atomic mass is 15.2. The summed E-state index contributed by atoms with van der Waals surface area (Å²) in [5.41, 5.74) is 5.76. The third-order valence-corrected chi connectivity index (χ3v) is 5.49. The molecular formula is C19H30N2. The van der Waals surface area contributed by atoms with Crippen molar-refractivity contribution in [2.24, 2.45) is 0 Å². The first kappa shape index (κ1) is 15.1. The van der Waals surface area contributed by atoms with Gasteiger partial charge in [0.1, 0.15) is 0 Å². The van der Waals surface area contributed by atoms with Gasteiger partial charge in [-0.2, -0.15) is 0 Å². The Bertz CT molecular complexity index is 485. The van der Waals surface area contributed by atoms with E-state index in [1.165, 1.54) is 61.0 Å². The summed E-state index contributed by atoms with van der Waals surface area (Å²) in [7, 11) is 0. The van der Waals surface area contributed by atoms with Gasteiger partial charge in [-0.3, -0.25) is 4.90 Å². The molecule has 2 saturated heterocycles. The second-order valence-corrected chi connectivity index (χ2v) is 7.20. The van der Waals surface area contributed by atoms with Crippen molar-refractivity contribution in [3.8, 4) is 0 Å². The summed E-state index contributed by atoms with van der Waals surface area (Å²) in [4.78, 5) is 2.71. The third-order valence-electron chi connectivity index (χ3n) is 5.49. The number of hydrogen-bond donors (Lipinski definition) is 1. The first-order valence-electron chi connectivity index (χ1n) is 8.64. The summed E-state index contributed by atoms with van der Waals surface area (Å²) in [6.07, 6.45) is 5.51. The Kier molecular flexibility index (Phi) is 4.37. The van der Waals surface area contributed by atoms with Crippen molar-refractivity contribution in [1.82, 2.24) is 10.2 Å². The molecule has 0 aromatic heterocycles. The van der Waals surface area contributed by atoms with Gasteiger partial charge in [0, 0.05) is 24.7 Å². The molecule has 1 aromatic carbocycles. The maximum absolute atomic E-state index is 3.95. The van der Waals surface area contributed by atoms with Gasteiger partial charge in [0.15, 0.2) is 0 Å². The number of fused-ring (bicyclic) bond motifs is 1. The summed E-state index contributed by atoms with van der Waals surface area (Å²) in [5.74, 6) is 0. The van der Waals surface area contributed by atoms with Gasteiger partial charge in [0.05, 0.1) is 0 Å². The zero-order valence-corrected chi connectivity index (χ0v) is 14.1. The molecule has 0 saturated carbocycles. The quantitative estimate of drug-likeness (QED) is 0.907. The van der Waals surface area contributed by atoms with Crippen LogP contribution in [0.25, 0.3) is 0 Å². The summed E-state index contributed by atoms with van der Waals surface area (Å²) >= 11 is 0. The fourth-order valence-electron chi connectivity index (χ4n) is 4.72. The van der Waals surface area contributed by atoms with Crippen LogP contribution in [0.1, 0.15) is 60.9 Å². The average Bonchev–Trinajstić information content (AvgIpc) is 2.81. The van der Waals surface area contributed by atoms with E-state index in [4.69, 9.17) is 0 Å². The van der Waals surface area contributed by atoms with Crippen LogP contribution < -0.4 is 5.32 Å². The van der Waals surface area contributed by atoms with Gasteiger partial charge in [-0.25, -0.2) is 0 Å². The highest BCUT2D eigenvalue weighted by molar-refractivity contribution is 5.39. The van der Waals surface area contributed by atoms with Gasteiger partial charge in [0.2, 0.25) is 0 Å². The first-order valence-corrected chi connectivity index (χ1v) is 8.64. The van der Waals surface area contributed by atoms with Crippen molar-refractivity contribution in [2.75, 3.05) is 13.1 Å². The van der Waals surface area contributed by atoms with E-state index in [1.807, 2.05) is 0 Å². The standard InChI is InChI=1S/C19H30N2/c1-13-11-14(2)19(15(3)12-13)16(4)20-17-8-10-21-9-6-5-7-18(17)21/h11-12,16-18,20H,5-10H2,1-4H3. The van der Waals surface area contributed by atoms with Crippen molar-refractivity contribution < 1.29 is 0 Å². The molecule has 0 spiro atoms. The van der Waals surface area contributed by atoms with Crippen LogP contribution >= 0.6 is 0 Å². The lowest BCUT2D eigenvalue weighted by atomic mass is 9.93. The molecule has 3 rings (SSSR count). The van der Waals surface area contributed by atoms with E-state index in [0.29, 0.717) is 12.1 Å². The van der Waals surface area contributed by atoms with Crippen molar-refractivity contribution >= 4 is 0 Å². The van der Waals surface area contributed by atoms with Gasteiger partial charge in [-0.1, -0.05) is 24.1 Å². The van der Waals surface area contributed by atoms with Gasteiger partial charge < -0.3 is 5.32 Å². The Balaban J connectivity index is 1.73. The molecule has 0 amide bonds. The molecular weight excluding hydrogens is 256 g/mol. The Hall–Kier alpha value is -0.860. The van der Waals surface area contributed by atoms with Crippen LogP contribution in [0.3, 0.4) is 0 Å². The van der Waals surface area contributed by atoms with Crippen LogP contribution in [-0.4, -0.2) is 30.1 Å². The van der Waals surface area contributed by atoms with Crippen molar-refractivity contribution in [3.63, 3.8) is 0 Å². The summed E-state index contributed by atoms with van der Waals surface area (Å²) < 4.78 is 0. The van der Waals surface area contributed by atoms with Crippen molar-refractivity contribution in [1.29, 1.82) is 0 Å². The van der Waals surface area contributed by atoms with E-state index in [2.05, 4.69) is 50.0 Å². The highest BCUT2D eigenvalue weighted by Crippen LogP contribution is 2.30. The van der Waals surface area contributed by atoms with Crippen LogP contribution in [0, 0.1) is 20.8 Å². The molecule has 2 aliphatic rings. The number of hydrogen-bond acceptors (Lipinski definition) is 2. The molecule has 3 unspecified atom stereocenters. The topological polar surface area (TPSA) is 15.3 Å². The zero-order valence-electron chi connectivity index (χ0n) is 14.1. The molecule has 2 fully saturated rings. The Labute approximate surface area is 129 Å². The van der Waals surface area contributed by atoms with E-state index in [1.54, 1.807) is 0 Å². The normalized spacial score (nSPS) is 27.6. The Morgan fingerprint density at radius 1 is 1.05 bits per heavy atom. The minimum absolute atomic E-state index is 0.456. The number of aryl methyl sites for hydroxylation is 3. The predicted molar refractivity (Wildman–Crippen MR) is 89.8 cm³/mol. The van der Waals surface area contributed by atoms with Crippen LogP contribution in [0.15, 0.2) is 12.1 Å². The Morgan fingerprint density at radius 2 is 1.76 bits per heavy atom. The number of benzene rings is 1. The zero-order chi connectivity index (χ0) is 15.0. The fourth-order valence-corrected chi connectivity index (χ4v) is 4.72. The summed E-state index contributed by atoms with van der Waals surface area (Å²) in [5, 5.41) is 3.95. The summed E-state index contributed by atoms with van der Waals surface area (Å²) in [6.45, 7) is 11.7. The van der Waals surface area contributed by atoms with E-state index >= 15 is 0 Å². The van der Waals surface area contributed by atoms with Crippen molar-refractivity contribution in [3.05, 3.63) is 34.4 Å². The number of rotatable bonds is 3. The molecule has 3 atom stereocenters. The predicted octanol–water partition coefficient (Wildman–Crippen LogP) is 3.89. The van der Waals surface area contributed by atoms with Gasteiger partial charge in [0.25, 0.3) is 0 Å². The molecule has 0 radical (unpaired) electrons. The molecule has 0 aliphatic carbocycles. The smallest absolute Gasteiger partial charge is 0.0300 e. The van der Waals surface area contributed by atoms with Gasteiger partial charge in [-0.15, -0.1) is 0 Å². The molecule has 2 nitrogen and oxygen atoms in total. The van der Waals surface area contributed by atoms with Crippen molar-refractivity contribution in [2.45, 2.75) is 71.5 Å². The molecule has 116 valence electrons. The lowest BCUT2D eigenvalue weighted by Crippen LogP contribution is -2.45. The van der Waals surface area contributed by atoms with E-state index < -0.39 is 0 Å². The Morgan fingerprint density at radius 3 is 2.48 bits per heavy atom. The molecule has 1 N–H and O–H groups in total. The largest absolute Gasteiger partial charge is 0.306 e. The minimum atomic E-state index is 0.456. The number of piperidine rings is 1. The summed E-state index contributed by atoms with van der Waals surface area (Å²) in [6, 6.07) is 6.56. The van der Waals surface area contributed by atoms with Crippen LogP contribution in [0.2, 0.25) is 0 Å². The molecule has 0 bridgehead atoms. The lowest BCUT2D eigenvalue weighted by Gasteiger charge is -2.34. The van der Waals surface area contributed by atoms with Crippen LogP contribution in [0.5, 0.6) is 0 Å². The second-order valence-electron chi connectivity index (χ2n) is 7.20. The molecule has 2 aliphatic heterocycles. The molecule has 2 heteroatoms. The number of nitrogens with zero attached hydrogens (tertiary/aromatic N) is 1. The van der Waals surface area contributed by atoms with E-state index in [0.717, 1.165) is 6.04 Å². The fraction of sp³-hybridized carbons (Fsp3) is 0.684. The maximum Gasteiger partial charge on any atom is 0.0300 e. The molecule has 2 heterocycles. The van der Waals surface area contributed by atoms with Crippen LogP contribution in [0.4, 0.5) is 0 Å². The van der Waals surface area contributed by atoms with Gasteiger partial charge >= 0.3 is 0 Å². The van der Waals surface area contributed by atoms with Crippen LogP contribution in [-0.2, 0) is 0 Å². The second kappa shape index (κ2) is 6.10. The first-order chi connectivity index (χ1) is 10.1. The minimum Gasteiger partial charge on any atom is -0.306 e. The number of nitrogens with one attached hydrogen (secondary N) is 1. The SMILES string of the molecule is Cc1cc(C)c(C(C)NC2CCN3CCCCC23)c(C)c1. The highest BCUT2D eigenvalue weighted by Gasteiger charge is 2.36. The monoisotopic (exact) mass is 286 g/mol. The third kappa shape index (κ3) is 3.02. The van der Waals surface area contributed by atoms with E-state index in [9.17, 15) is 0 Å². The van der Waals surface area contributed by atoms with Gasteiger partial charge in [-0.05, 0) is 70.2 Å². The molecule has 21 heavy (non-hydrogen) atoms. The average molecular weight is 286 g/mol.